The van der Waals surface area contributed by atoms with Crippen molar-refractivity contribution in [3.8, 4) is 0 Å². The van der Waals surface area contributed by atoms with E-state index in [1.807, 2.05) is 25.5 Å². The lowest BCUT2D eigenvalue weighted by Crippen LogP contribution is -2.31. The summed E-state index contributed by atoms with van der Waals surface area (Å²) >= 11 is 0. The molecule has 0 radical (unpaired) electrons. The average molecular weight is 364 g/mol. The van der Waals surface area contributed by atoms with Crippen molar-refractivity contribution in [1.29, 1.82) is 0 Å². The SMILES string of the molecule is CCC(=O)NCCCn1nnc2c1CCCCCC2CC(=O)NC(C)C. The fourth-order valence-corrected chi connectivity index (χ4v) is 3.48. The summed E-state index contributed by atoms with van der Waals surface area (Å²) in [4.78, 5) is 23.6. The molecule has 26 heavy (non-hydrogen) atoms. The van der Waals surface area contributed by atoms with Crippen molar-refractivity contribution in [2.24, 2.45) is 0 Å². The molecule has 146 valence electrons. The highest BCUT2D eigenvalue weighted by atomic mass is 16.2. The van der Waals surface area contributed by atoms with E-state index in [2.05, 4.69) is 20.9 Å². The molecule has 1 unspecified atom stereocenters. The van der Waals surface area contributed by atoms with Crippen LogP contribution in [0, 0.1) is 0 Å². The molecule has 2 amide bonds. The maximum Gasteiger partial charge on any atom is 0.220 e. The number of hydrogen-bond donors (Lipinski definition) is 2. The third-order valence-electron chi connectivity index (χ3n) is 4.79. The predicted molar refractivity (Wildman–Crippen MR) is 101 cm³/mol. The lowest BCUT2D eigenvalue weighted by molar-refractivity contribution is -0.122. The van der Waals surface area contributed by atoms with E-state index < -0.39 is 0 Å². The number of hydrogen-bond acceptors (Lipinski definition) is 4. The van der Waals surface area contributed by atoms with E-state index >= 15 is 0 Å². The summed E-state index contributed by atoms with van der Waals surface area (Å²) in [5.41, 5.74) is 2.18. The zero-order chi connectivity index (χ0) is 18.9. The van der Waals surface area contributed by atoms with Gasteiger partial charge >= 0.3 is 0 Å². The van der Waals surface area contributed by atoms with Crippen molar-refractivity contribution < 1.29 is 9.59 Å². The second-order valence-corrected chi connectivity index (χ2v) is 7.42. The van der Waals surface area contributed by atoms with Crippen molar-refractivity contribution in [3.63, 3.8) is 0 Å². The van der Waals surface area contributed by atoms with Crippen LogP contribution in [-0.4, -0.2) is 39.4 Å². The van der Waals surface area contributed by atoms with Gasteiger partial charge in [-0.15, -0.1) is 5.10 Å². The number of carbonyl (C=O) groups is 2. The number of carbonyl (C=O) groups excluding carboxylic acids is 2. The quantitative estimate of drug-likeness (QED) is 0.694. The van der Waals surface area contributed by atoms with Crippen LogP contribution in [0.5, 0.6) is 0 Å². The number of rotatable bonds is 8. The van der Waals surface area contributed by atoms with Gasteiger partial charge in [0.25, 0.3) is 0 Å². The Balaban J connectivity index is 2.02. The summed E-state index contributed by atoms with van der Waals surface area (Å²) in [7, 11) is 0. The Morgan fingerprint density at radius 2 is 2.04 bits per heavy atom. The summed E-state index contributed by atoms with van der Waals surface area (Å²) in [5.74, 6) is 0.320. The summed E-state index contributed by atoms with van der Waals surface area (Å²) in [6, 6.07) is 0.157. The molecule has 0 saturated carbocycles. The highest BCUT2D eigenvalue weighted by Crippen LogP contribution is 2.30. The van der Waals surface area contributed by atoms with Crippen LogP contribution < -0.4 is 10.6 Å². The standard InChI is InChI=1S/C19H33N5O2/c1-4-17(25)20-11-8-12-24-16-10-7-5-6-9-15(19(16)22-23-24)13-18(26)21-14(2)3/h14-15H,4-13H2,1-3H3,(H,20,25)(H,21,26). The second kappa shape index (κ2) is 10.3. The van der Waals surface area contributed by atoms with E-state index in [-0.39, 0.29) is 23.8 Å². The van der Waals surface area contributed by atoms with Crippen LogP contribution in [0.4, 0.5) is 0 Å². The topological polar surface area (TPSA) is 88.9 Å². The molecular formula is C19H33N5O2. The van der Waals surface area contributed by atoms with Crippen molar-refractivity contribution in [2.75, 3.05) is 6.54 Å². The van der Waals surface area contributed by atoms with Gasteiger partial charge in [0.1, 0.15) is 0 Å². The summed E-state index contributed by atoms with van der Waals surface area (Å²) in [6.07, 6.45) is 7.23. The smallest absolute Gasteiger partial charge is 0.220 e. The predicted octanol–water partition coefficient (Wildman–Crippen LogP) is 2.31. The van der Waals surface area contributed by atoms with E-state index in [1.54, 1.807) is 0 Å². The molecular weight excluding hydrogens is 330 g/mol. The van der Waals surface area contributed by atoms with Gasteiger partial charge in [-0.1, -0.05) is 25.0 Å². The van der Waals surface area contributed by atoms with Crippen molar-refractivity contribution >= 4 is 11.8 Å². The lowest BCUT2D eigenvalue weighted by atomic mass is 9.89. The van der Waals surface area contributed by atoms with Crippen LogP contribution in [-0.2, 0) is 22.6 Å². The lowest BCUT2D eigenvalue weighted by Gasteiger charge is -2.20. The van der Waals surface area contributed by atoms with E-state index in [0.29, 0.717) is 19.4 Å². The van der Waals surface area contributed by atoms with Crippen LogP contribution >= 0.6 is 0 Å². The molecule has 7 nitrogen and oxygen atoms in total. The number of aryl methyl sites for hydroxylation is 1. The van der Waals surface area contributed by atoms with Gasteiger partial charge in [-0.3, -0.25) is 9.59 Å². The molecule has 0 aliphatic heterocycles. The normalized spacial score (nSPS) is 17.3. The highest BCUT2D eigenvalue weighted by Gasteiger charge is 2.25. The van der Waals surface area contributed by atoms with Gasteiger partial charge in [-0.25, -0.2) is 4.68 Å². The van der Waals surface area contributed by atoms with E-state index in [0.717, 1.165) is 44.3 Å². The second-order valence-electron chi connectivity index (χ2n) is 7.42. The number of aromatic nitrogens is 3. The molecule has 2 rings (SSSR count). The minimum absolute atomic E-state index is 0.0788. The van der Waals surface area contributed by atoms with Gasteiger partial charge < -0.3 is 10.6 Å². The maximum absolute atomic E-state index is 12.2. The zero-order valence-corrected chi connectivity index (χ0v) is 16.4. The molecule has 1 atom stereocenters. The van der Waals surface area contributed by atoms with Crippen molar-refractivity contribution in [3.05, 3.63) is 11.4 Å². The van der Waals surface area contributed by atoms with E-state index in [9.17, 15) is 9.59 Å². The minimum atomic E-state index is 0.0788. The Hall–Kier alpha value is -1.92. The van der Waals surface area contributed by atoms with Crippen LogP contribution in [0.25, 0.3) is 0 Å². The first kappa shape index (κ1) is 20.4. The fraction of sp³-hybridized carbons (Fsp3) is 0.789. The highest BCUT2D eigenvalue weighted by molar-refractivity contribution is 5.77. The number of nitrogens with one attached hydrogen (secondary N) is 2. The van der Waals surface area contributed by atoms with Crippen molar-refractivity contribution in [2.45, 2.75) is 90.6 Å². The van der Waals surface area contributed by atoms with Gasteiger partial charge in [-0.05, 0) is 39.5 Å². The first-order chi connectivity index (χ1) is 12.5. The molecule has 1 aliphatic carbocycles. The fourth-order valence-electron chi connectivity index (χ4n) is 3.48. The van der Waals surface area contributed by atoms with Gasteiger partial charge in [-0.2, -0.15) is 0 Å². The van der Waals surface area contributed by atoms with Crippen molar-refractivity contribution in [1.82, 2.24) is 25.6 Å². The number of amides is 2. The molecule has 0 spiro atoms. The minimum Gasteiger partial charge on any atom is -0.356 e. The molecule has 1 heterocycles. The first-order valence-corrected chi connectivity index (χ1v) is 9.99. The third kappa shape index (κ3) is 6.11. The molecule has 7 heteroatoms. The Morgan fingerprint density at radius 1 is 1.23 bits per heavy atom. The number of nitrogens with zero attached hydrogens (tertiary/aromatic N) is 3. The van der Waals surface area contributed by atoms with Gasteiger partial charge in [0, 0.05) is 37.9 Å². The molecule has 1 aromatic heterocycles. The largest absolute Gasteiger partial charge is 0.356 e. The van der Waals surface area contributed by atoms with Gasteiger partial charge in [0.2, 0.25) is 11.8 Å². The Labute approximate surface area is 156 Å². The summed E-state index contributed by atoms with van der Waals surface area (Å²) < 4.78 is 1.98. The number of fused-ring (bicyclic) bond motifs is 1. The molecule has 0 aromatic carbocycles. The Bertz CT molecular complexity index is 597. The molecule has 2 N–H and O–H groups in total. The van der Waals surface area contributed by atoms with Crippen LogP contribution in [0.1, 0.15) is 83.0 Å². The van der Waals surface area contributed by atoms with Crippen LogP contribution in [0.2, 0.25) is 0 Å². The van der Waals surface area contributed by atoms with Gasteiger partial charge in [0.15, 0.2) is 0 Å². The molecule has 1 aliphatic rings. The molecule has 0 saturated heterocycles. The van der Waals surface area contributed by atoms with Crippen LogP contribution in [0.15, 0.2) is 0 Å². The first-order valence-electron chi connectivity index (χ1n) is 9.99. The summed E-state index contributed by atoms with van der Waals surface area (Å²) in [5, 5.41) is 14.7. The Kier molecular flexibility index (Phi) is 8.06. The van der Waals surface area contributed by atoms with E-state index in [1.165, 1.54) is 12.1 Å². The summed E-state index contributed by atoms with van der Waals surface area (Å²) in [6.45, 7) is 7.22. The monoisotopic (exact) mass is 363 g/mol. The maximum atomic E-state index is 12.2. The molecule has 0 fully saturated rings. The van der Waals surface area contributed by atoms with Gasteiger partial charge in [0.05, 0.1) is 11.4 Å². The zero-order valence-electron chi connectivity index (χ0n) is 16.4. The van der Waals surface area contributed by atoms with E-state index in [4.69, 9.17) is 0 Å². The average Bonchev–Trinajstić information content (AvgIpc) is 2.96. The Morgan fingerprint density at radius 3 is 2.77 bits per heavy atom. The third-order valence-corrected chi connectivity index (χ3v) is 4.79. The molecule has 0 bridgehead atoms. The molecule has 1 aromatic rings. The van der Waals surface area contributed by atoms with Crippen LogP contribution in [0.3, 0.4) is 0 Å².